The predicted molar refractivity (Wildman–Crippen MR) is 115 cm³/mol. The van der Waals surface area contributed by atoms with Gasteiger partial charge in [0, 0.05) is 13.1 Å². The van der Waals surface area contributed by atoms with Crippen molar-refractivity contribution in [2.75, 3.05) is 7.11 Å². The summed E-state index contributed by atoms with van der Waals surface area (Å²) in [5, 5.41) is 0.316. The quantitative estimate of drug-likeness (QED) is 0.333. The third-order valence-electron chi connectivity index (χ3n) is 6.20. The van der Waals surface area contributed by atoms with Crippen LogP contribution < -0.4 is 14.9 Å². The Bertz CT molecular complexity index is 1540. The Morgan fingerprint density at radius 2 is 1.81 bits per heavy atom. The van der Waals surface area contributed by atoms with Crippen molar-refractivity contribution < 1.29 is 23.7 Å². The average Bonchev–Trinajstić information content (AvgIpc) is 3.17. The van der Waals surface area contributed by atoms with Crippen molar-refractivity contribution in [1.29, 1.82) is 0 Å². The van der Waals surface area contributed by atoms with Crippen molar-refractivity contribution >= 4 is 39.3 Å². The Balaban J connectivity index is 1.81. The molecule has 0 aliphatic carbocycles. The number of methoxy groups -OCH3 is 1. The van der Waals surface area contributed by atoms with Gasteiger partial charge in [-0.25, -0.2) is 14.8 Å². The van der Waals surface area contributed by atoms with E-state index in [4.69, 9.17) is 23.9 Å². The van der Waals surface area contributed by atoms with Crippen LogP contribution in [0, 0.1) is 0 Å². The summed E-state index contributed by atoms with van der Waals surface area (Å²) in [6.07, 6.45) is -2.19. The highest BCUT2D eigenvalue weighted by Crippen LogP contribution is 2.50. The lowest BCUT2D eigenvalue weighted by Crippen LogP contribution is -2.48. The highest BCUT2D eigenvalue weighted by atomic mass is 16.8. The highest BCUT2D eigenvalue weighted by molar-refractivity contribution is 5.99. The number of carbonyl (C=O) groups excluding carboxylic acids is 1. The summed E-state index contributed by atoms with van der Waals surface area (Å²) in [7, 11) is 3.28. The number of benzene rings is 2. The van der Waals surface area contributed by atoms with E-state index >= 15 is 0 Å². The van der Waals surface area contributed by atoms with E-state index < -0.39 is 24.0 Å². The van der Waals surface area contributed by atoms with Crippen LogP contribution in [0.2, 0.25) is 0 Å². The maximum absolute atomic E-state index is 13.7. The van der Waals surface area contributed by atoms with Crippen LogP contribution >= 0.6 is 0 Å². The summed E-state index contributed by atoms with van der Waals surface area (Å²) in [6, 6.07) is 9.02. The summed E-state index contributed by atoms with van der Waals surface area (Å²) in [5.74, 6) is 0.803. The molecule has 0 bridgehead atoms. The maximum Gasteiger partial charge on any atom is 0.509 e. The monoisotopic (exact) mass is 433 g/mol. The topological polar surface area (TPSA) is 102 Å². The first-order valence-corrected chi connectivity index (χ1v) is 10.2. The van der Waals surface area contributed by atoms with Crippen molar-refractivity contribution in [3.05, 3.63) is 46.1 Å². The summed E-state index contributed by atoms with van der Waals surface area (Å²) in [6.45, 7) is 3.65. The van der Waals surface area contributed by atoms with Crippen molar-refractivity contribution in [2.24, 2.45) is 7.05 Å². The minimum Gasteiger partial charge on any atom is -0.496 e. The molecule has 2 aromatic carbocycles. The second-order valence-corrected chi connectivity index (χ2v) is 8.52. The fourth-order valence-corrected chi connectivity index (χ4v) is 4.74. The third kappa shape index (κ3) is 2.33. The molecule has 9 heteroatoms. The first-order chi connectivity index (χ1) is 15.3. The molecule has 32 heavy (non-hydrogen) atoms. The fraction of sp³-hybridized carbons (Fsp3) is 0.304. The summed E-state index contributed by atoms with van der Waals surface area (Å²) in [5.41, 5.74) is 1.81. The molecule has 4 aromatic rings. The molecule has 0 saturated carbocycles. The molecule has 6 rings (SSSR count). The molecule has 0 amide bonds. The van der Waals surface area contributed by atoms with E-state index in [0.717, 1.165) is 0 Å². The second-order valence-electron chi connectivity index (χ2n) is 8.52. The Hall–Kier alpha value is -3.88. The number of fused-ring (bicyclic) bond motifs is 7. The van der Waals surface area contributed by atoms with Crippen LogP contribution in [0.15, 0.2) is 35.1 Å². The van der Waals surface area contributed by atoms with E-state index in [2.05, 4.69) is 4.98 Å². The summed E-state index contributed by atoms with van der Waals surface area (Å²) in [4.78, 5) is 35.0. The number of carbonyl (C=O) groups is 1. The molecule has 0 unspecified atom stereocenters. The van der Waals surface area contributed by atoms with Gasteiger partial charge in [-0.15, -0.1) is 0 Å². The third-order valence-corrected chi connectivity index (χ3v) is 6.20. The van der Waals surface area contributed by atoms with E-state index in [9.17, 15) is 9.59 Å². The van der Waals surface area contributed by atoms with Crippen molar-refractivity contribution in [1.82, 2.24) is 14.5 Å². The first-order valence-electron chi connectivity index (χ1n) is 10.2. The number of aromatic nitrogens is 3. The number of para-hydroxylation sites is 2. The van der Waals surface area contributed by atoms with Gasteiger partial charge in [0.15, 0.2) is 23.4 Å². The normalized spacial score (nSPS) is 21.1. The maximum atomic E-state index is 13.7. The van der Waals surface area contributed by atoms with Crippen molar-refractivity contribution in [2.45, 2.75) is 31.7 Å². The van der Waals surface area contributed by atoms with Gasteiger partial charge in [0.2, 0.25) is 5.43 Å². The molecular weight excluding hydrogens is 414 g/mol. The number of nitrogens with zero attached hydrogens (tertiary/aromatic N) is 3. The first kappa shape index (κ1) is 18.9. The molecule has 2 aliphatic rings. The van der Waals surface area contributed by atoms with Crippen LogP contribution in [-0.4, -0.2) is 39.5 Å². The lowest BCUT2D eigenvalue weighted by molar-refractivity contribution is -0.0499. The average molecular weight is 433 g/mol. The number of pyridine rings is 1. The van der Waals surface area contributed by atoms with Gasteiger partial charge in [0.1, 0.15) is 17.1 Å². The minimum absolute atomic E-state index is 0.227. The zero-order valence-electron chi connectivity index (χ0n) is 17.8. The largest absolute Gasteiger partial charge is 0.509 e. The van der Waals surface area contributed by atoms with Gasteiger partial charge in [-0.3, -0.25) is 4.79 Å². The molecule has 9 nitrogen and oxygen atoms in total. The van der Waals surface area contributed by atoms with Crippen molar-refractivity contribution in [3.8, 4) is 11.5 Å². The number of hydrogen-bond donors (Lipinski definition) is 0. The van der Waals surface area contributed by atoms with E-state index in [1.165, 1.54) is 7.11 Å². The molecule has 2 aromatic heterocycles. The molecule has 2 aliphatic heterocycles. The van der Waals surface area contributed by atoms with Gasteiger partial charge >= 0.3 is 6.16 Å². The molecule has 4 heterocycles. The predicted octanol–water partition coefficient (Wildman–Crippen LogP) is 3.39. The van der Waals surface area contributed by atoms with E-state index in [0.29, 0.717) is 44.6 Å². The molecule has 1 saturated heterocycles. The highest BCUT2D eigenvalue weighted by Gasteiger charge is 2.54. The summed E-state index contributed by atoms with van der Waals surface area (Å²) >= 11 is 0. The molecule has 0 N–H and O–H groups in total. The second kappa shape index (κ2) is 6.09. The zero-order valence-corrected chi connectivity index (χ0v) is 17.8. The van der Waals surface area contributed by atoms with Crippen LogP contribution in [0.25, 0.3) is 33.1 Å². The van der Waals surface area contributed by atoms with Crippen LogP contribution in [0.5, 0.6) is 11.5 Å². The van der Waals surface area contributed by atoms with Gasteiger partial charge in [-0.05, 0) is 26.0 Å². The zero-order chi connectivity index (χ0) is 22.4. The van der Waals surface area contributed by atoms with Crippen LogP contribution in [-0.2, 0) is 16.5 Å². The lowest BCUT2D eigenvalue weighted by atomic mass is 9.87. The molecule has 162 valence electrons. The van der Waals surface area contributed by atoms with E-state index in [1.54, 1.807) is 17.7 Å². The standard InChI is InChI=1S/C23H19N3O6/c1-23(2)20-19(30-22(28)31-20)15-13(32-23)9-12(29-4)14-17(15)26(3)21-16(18(14)27)24-10-7-5-6-8-11(10)25-21/h5-9,19-20H,1-4H3/t19-,20-/m1/s1. The molecule has 0 spiro atoms. The molecule has 2 atom stereocenters. The fourth-order valence-electron chi connectivity index (χ4n) is 4.74. The van der Waals surface area contributed by atoms with Crippen LogP contribution in [0.4, 0.5) is 4.79 Å². The number of aryl methyl sites for hydroxylation is 1. The number of rotatable bonds is 1. The van der Waals surface area contributed by atoms with Gasteiger partial charge < -0.3 is 23.5 Å². The van der Waals surface area contributed by atoms with E-state index in [-0.39, 0.29) is 10.9 Å². The van der Waals surface area contributed by atoms with Gasteiger partial charge in [0.05, 0.1) is 34.6 Å². The molecule has 1 fully saturated rings. The van der Waals surface area contributed by atoms with Gasteiger partial charge in [-0.1, -0.05) is 12.1 Å². The molecule has 0 radical (unpaired) electrons. The smallest absolute Gasteiger partial charge is 0.496 e. The van der Waals surface area contributed by atoms with E-state index in [1.807, 2.05) is 38.1 Å². The Morgan fingerprint density at radius 1 is 1.09 bits per heavy atom. The Morgan fingerprint density at radius 3 is 2.53 bits per heavy atom. The van der Waals surface area contributed by atoms with Gasteiger partial charge in [-0.2, -0.15) is 0 Å². The molecular formula is C23H19N3O6. The summed E-state index contributed by atoms with van der Waals surface area (Å²) < 4.78 is 24.6. The lowest BCUT2D eigenvalue weighted by Gasteiger charge is -2.39. The van der Waals surface area contributed by atoms with Crippen LogP contribution in [0.1, 0.15) is 25.5 Å². The Kier molecular flexibility index (Phi) is 3.59. The van der Waals surface area contributed by atoms with Crippen LogP contribution in [0.3, 0.4) is 0 Å². The number of ether oxygens (including phenoxy) is 4. The minimum atomic E-state index is -0.839. The van der Waals surface area contributed by atoms with Crippen molar-refractivity contribution in [3.63, 3.8) is 0 Å². The SMILES string of the molecule is COc1cc2c(c3c1c(=O)c1nc4ccccc4nc1n3C)[C@H]1OC(=O)O[C@H]1C(C)(C)O2. The van der Waals surface area contributed by atoms with Gasteiger partial charge in [0.25, 0.3) is 0 Å². The Labute approximate surface area is 181 Å². The number of hydrogen-bond acceptors (Lipinski definition) is 8.